The second kappa shape index (κ2) is 19.0. The van der Waals surface area contributed by atoms with Crippen LogP contribution in [-0.2, 0) is 0 Å². The minimum atomic E-state index is -0.594. The summed E-state index contributed by atoms with van der Waals surface area (Å²) >= 11 is 0. The Morgan fingerprint density at radius 3 is 1.50 bits per heavy atom. The summed E-state index contributed by atoms with van der Waals surface area (Å²) in [6.45, 7) is 1.99. The highest BCUT2D eigenvalue weighted by Crippen LogP contribution is 2.12. The Hall–Kier alpha value is -0.380. The van der Waals surface area contributed by atoms with Crippen LogP contribution in [0.15, 0.2) is 12.2 Å². The highest BCUT2D eigenvalue weighted by molar-refractivity contribution is 4.81. The number of unbranched alkanes of at least 4 members (excludes halogenated alkanes) is 12. The fourth-order valence-corrected chi connectivity index (χ4v) is 2.88. The average Bonchev–Trinajstić information content (AvgIpc) is 2.57. The normalized spacial score (nSPS) is 14.3. The van der Waals surface area contributed by atoms with E-state index in [0.29, 0.717) is 6.61 Å². The van der Waals surface area contributed by atoms with E-state index >= 15 is 0 Å². The number of rotatable bonds is 18. The molecule has 0 radical (unpaired) electrons. The Kier molecular flexibility index (Phi) is 18.7. The van der Waals surface area contributed by atoms with Gasteiger partial charge in [-0.1, -0.05) is 69.9 Å². The summed E-state index contributed by atoms with van der Waals surface area (Å²) in [5.74, 6) is 0. The van der Waals surface area contributed by atoms with E-state index in [1.807, 2.05) is 0 Å². The van der Waals surface area contributed by atoms with Gasteiger partial charge in [-0.2, -0.15) is 0 Å². The zero-order valence-corrected chi connectivity index (χ0v) is 16.0. The third-order valence-corrected chi connectivity index (χ3v) is 4.62. The van der Waals surface area contributed by atoms with Crippen molar-refractivity contribution in [1.82, 2.24) is 0 Å². The van der Waals surface area contributed by atoms with Gasteiger partial charge in [-0.25, -0.2) is 0 Å². The van der Waals surface area contributed by atoms with Crippen molar-refractivity contribution >= 4 is 0 Å². The Morgan fingerprint density at radius 1 is 0.625 bits per heavy atom. The molecule has 3 nitrogen and oxygen atoms in total. The van der Waals surface area contributed by atoms with Crippen molar-refractivity contribution in [2.24, 2.45) is 0 Å². The van der Waals surface area contributed by atoms with Crippen LogP contribution in [0, 0.1) is 0 Å². The van der Waals surface area contributed by atoms with E-state index in [2.05, 4.69) is 12.2 Å². The largest absolute Gasteiger partial charge is 0.396 e. The zero-order chi connectivity index (χ0) is 17.9. The second-order valence-electron chi connectivity index (χ2n) is 7.11. The van der Waals surface area contributed by atoms with Gasteiger partial charge in [0.2, 0.25) is 0 Å². The number of hydrogen-bond acceptors (Lipinski definition) is 3. The molecule has 0 bridgehead atoms. The third-order valence-electron chi connectivity index (χ3n) is 4.62. The van der Waals surface area contributed by atoms with E-state index in [-0.39, 0.29) is 0 Å². The van der Waals surface area contributed by atoms with E-state index in [1.165, 1.54) is 70.6 Å². The standard InChI is InChI=1S/C21H42O3/c1-20(23)21(24)18-16-14-12-10-8-6-4-2-3-5-7-9-11-13-15-17-19-22/h2-3,20-24H,4-19H2,1H3/b3-2-. The summed E-state index contributed by atoms with van der Waals surface area (Å²) in [7, 11) is 0. The van der Waals surface area contributed by atoms with Gasteiger partial charge in [-0.05, 0) is 45.4 Å². The number of hydrogen-bond donors (Lipinski definition) is 3. The predicted octanol–water partition coefficient (Wildman–Crippen LogP) is 5.13. The topological polar surface area (TPSA) is 60.7 Å². The van der Waals surface area contributed by atoms with E-state index in [0.717, 1.165) is 25.7 Å². The summed E-state index contributed by atoms with van der Waals surface area (Å²) in [5, 5.41) is 27.4. The maximum Gasteiger partial charge on any atom is 0.0796 e. The first-order chi connectivity index (χ1) is 11.7. The molecule has 3 heteroatoms. The first-order valence-electron chi connectivity index (χ1n) is 10.3. The minimum Gasteiger partial charge on any atom is -0.396 e. The zero-order valence-electron chi connectivity index (χ0n) is 16.0. The number of allylic oxidation sites excluding steroid dienone is 2. The minimum absolute atomic E-state index is 0.342. The van der Waals surface area contributed by atoms with Gasteiger partial charge in [0.25, 0.3) is 0 Å². The monoisotopic (exact) mass is 342 g/mol. The van der Waals surface area contributed by atoms with Crippen molar-refractivity contribution in [3.8, 4) is 0 Å². The third kappa shape index (κ3) is 18.0. The quantitative estimate of drug-likeness (QED) is 0.239. The van der Waals surface area contributed by atoms with Crippen LogP contribution in [0.1, 0.15) is 103 Å². The molecule has 3 N–H and O–H groups in total. The van der Waals surface area contributed by atoms with Crippen molar-refractivity contribution in [2.75, 3.05) is 6.61 Å². The van der Waals surface area contributed by atoms with Crippen molar-refractivity contribution in [2.45, 2.75) is 115 Å². The van der Waals surface area contributed by atoms with Crippen molar-refractivity contribution in [1.29, 1.82) is 0 Å². The molecule has 0 aromatic rings. The molecule has 0 amide bonds. The molecule has 2 unspecified atom stereocenters. The van der Waals surface area contributed by atoms with Crippen LogP contribution in [0.2, 0.25) is 0 Å². The van der Waals surface area contributed by atoms with Gasteiger partial charge in [-0.15, -0.1) is 0 Å². The molecule has 0 spiro atoms. The van der Waals surface area contributed by atoms with Crippen molar-refractivity contribution in [3.63, 3.8) is 0 Å². The van der Waals surface area contributed by atoms with E-state index in [1.54, 1.807) is 6.92 Å². The van der Waals surface area contributed by atoms with Gasteiger partial charge in [0.05, 0.1) is 12.2 Å². The predicted molar refractivity (Wildman–Crippen MR) is 103 cm³/mol. The van der Waals surface area contributed by atoms with Crippen LogP contribution in [0.4, 0.5) is 0 Å². The molecule has 0 fully saturated rings. The first kappa shape index (κ1) is 23.6. The Labute approximate surface area is 150 Å². The van der Waals surface area contributed by atoms with Crippen LogP contribution < -0.4 is 0 Å². The molecule has 0 heterocycles. The maximum atomic E-state index is 9.49. The molecule has 2 atom stereocenters. The van der Waals surface area contributed by atoms with Crippen LogP contribution in [-0.4, -0.2) is 34.1 Å². The number of aliphatic hydroxyl groups excluding tert-OH is 3. The van der Waals surface area contributed by atoms with Crippen molar-refractivity contribution < 1.29 is 15.3 Å². The van der Waals surface area contributed by atoms with E-state index < -0.39 is 12.2 Å². The lowest BCUT2D eigenvalue weighted by atomic mass is 10.0. The van der Waals surface area contributed by atoms with Crippen LogP contribution in [0.3, 0.4) is 0 Å². The molecular formula is C21H42O3. The fourth-order valence-electron chi connectivity index (χ4n) is 2.88. The second-order valence-corrected chi connectivity index (χ2v) is 7.11. The lowest BCUT2D eigenvalue weighted by Crippen LogP contribution is -2.21. The summed E-state index contributed by atoms with van der Waals surface area (Å²) in [6, 6.07) is 0. The van der Waals surface area contributed by atoms with Gasteiger partial charge in [0, 0.05) is 6.61 Å². The summed E-state index contributed by atoms with van der Waals surface area (Å²) in [4.78, 5) is 0. The highest BCUT2D eigenvalue weighted by Gasteiger charge is 2.09. The molecule has 0 aromatic carbocycles. The van der Waals surface area contributed by atoms with Crippen molar-refractivity contribution in [3.05, 3.63) is 12.2 Å². The Morgan fingerprint density at radius 2 is 1.04 bits per heavy atom. The van der Waals surface area contributed by atoms with Gasteiger partial charge in [-0.3, -0.25) is 0 Å². The molecule has 24 heavy (non-hydrogen) atoms. The highest BCUT2D eigenvalue weighted by atomic mass is 16.3. The van der Waals surface area contributed by atoms with Gasteiger partial charge >= 0.3 is 0 Å². The smallest absolute Gasteiger partial charge is 0.0796 e. The molecule has 0 aliphatic carbocycles. The van der Waals surface area contributed by atoms with Crippen LogP contribution in [0.5, 0.6) is 0 Å². The SMILES string of the molecule is CC(O)C(O)CCCCCCCC/C=C\CCCCCCCCO. The lowest BCUT2D eigenvalue weighted by molar-refractivity contribution is 0.0247. The Bertz CT molecular complexity index is 264. The van der Waals surface area contributed by atoms with Crippen LogP contribution in [0.25, 0.3) is 0 Å². The first-order valence-corrected chi connectivity index (χ1v) is 10.3. The molecule has 0 aromatic heterocycles. The summed E-state index contributed by atoms with van der Waals surface area (Å²) in [6.07, 6.45) is 21.3. The van der Waals surface area contributed by atoms with E-state index in [4.69, 9.17) is 5.11 Å². The molecule has 0 aliphatic heterocycles. The molecule has 0 aliphatic rings. The average molecular weight is 343 g/mol. The summed E-state index contributed by atoms with van der Waals surface area (Å²) < 4.78 is 0. The van der Waals surface area contributed by atoms with Crippen LogP contribution >= 0.6 is 0 Å². The van der Waals surface area contributed by atoms with Gasteiger partial charge in [0.15, 0.2) is 0 Å². The lowest BCUT2D eigenvalue weighted by Gasteiger charge is -2.12. The molecular weight excluding hydrogens is 300 g/mol. The van der Waals surface area contributed by atoms with Gasteiger partial charge < -0.3 is 15.3 Å². The molecule has 0 saturated heterocycles. The fraction of sp³-hybridized carbons (Fsp3) is 0.905. The number of aliphatic hydroxyl groups is 3. The molecule has 0 saturated carbocycles. The molecule has 0 rings (SSSR count). The van der Waals surface area contributed by atoms with Gasteiger partial charge in [0.1, 0.15) is 0 Å². The molecule has 144 valence electrons. The maximum absolute atomic E-state index is 9.49. The summed E-state index contributed by atoms with van der Waals surface area (Å²) in [5.41, 5.74) is 0. The van der Waals surface area contributed by atoms with E-state index in [9.17, 15) is 10.2 Å². The Balaban J connectivity index is 3.13.